The second-order valence-corrected chi connectivity index (χ2v) is 7.56. The van der Waals surface area contributed by atoms with Crippen LogP contribution in [-0.4, -0.2) is 42.0 Å². The fourth-order valence-corrected chi connectivity index (χ4v) is 4.13. The molecule has 2 heterocycles. The number of fused-ring (bicyclic) bond motifs is 3. The van der Waals surface area contributed by atoms with Gasteiger partial charge in [0.25, 0.3) is 0 Å². The highest BCUT2D eigenvalue weighted by molar-refractivity contribution is 6.31. The lowest BCUT2D eigenvalue weighted by Crippen LogP contribution is -2.46. The van der Waals surface area contributed by atoms with Crippen molar-refractivity contribution in [3.63, 3.8) is 0 Å². The standard InChI is InChI=1S/C21H21Cl2N3O2/c1-28-15-5-2-13(3-6-15)20-19-16(8-11-26(20)21(27)24-10-9-22)17-12-14(23)4-7-18(17)25-19/h2-7,12,20,25H,8-11H2,1H3,(H,24,27). The molecule has 0 aliphatic carbocycles. The molecule has 1 atom stereocenters. The van der Waals surface area contributed by atoms with E-state index in [1.165, 1.54) is 5.56 Å². The van der Waals surface area contributed by atoms with E-state index in [0.29, 0.717) is 24.0 Å². The van der Waals surface area contributed by atoms with E-state index in [9.17, 15) is 4.79 Å². The Morgan fingerprint density at radius 2 is 2.07 bits per heavy atom. The van der Waals surface area contributed by atoms with E-state index >= 15 is 0 Å². The Balaban J connectivity index is 1.82. The maximum atomic E-state index is 12.8. The molecule has 5 nitrogen and oxygen atoms in total. The van der Waals surface area contributed by atoms with Crippen molar-refractivity contribution in [1.29, 1.82) is 0 Å². The lowest BCUT2D eigenvalue weighted by Gasteiger charge is -2.36. The molecule has 2 amide bonds. The largest absolute Gasteiger partial charge is 0.497 e. The minimum absolute atomic E-state index is 0.121. The maximum absolute atomic E-state index is 12.8. The van der Waals surface area contributed by atoms with E-state index in [1.54, 1.807) is 7.11 Å². The fourth-order valence-electron chi connectivity index (χ4n) is 3.87. The molecule has 1 aliphatic heterocycles. The number of aromatic nitrogens is 1. The van der Waals surface area contributed by atoms with Gasteiger partial charge in [0.2, 0.25) is 0 Å². The summed E-state index contributed by atoms with van der Waals surface area (Å²) in [5.74, 6) is 1.16. The summed E-state index contributed by atoms with van der Waals surface area (Å²) in [6.45, 7) is 1.04. The number of hydrogen-bond acceptors (Lipinski definition) is 2. The van der Waals surface area contributed by atoms with Gasteiger partial charge < -0.3 is 19.9 Å². The predicted octanol–water partition coefficient (Wildman–Crippen LogP) is 4.73. The molecule has 2 N–H and O–H groups in total. The third-order valence-electron chi connectivity index (χ3n) is 5.15. The number of methoxy groups -OCH3 is 1. The summed E-state index contributed by atoms with van der Waals surface area (Å²) in [4.78, 5) is 18.2. The summed E-state index contributed by atoms with van der Waals surface area (Å²) in [6.07, 6.45) is 0.761. The normalized spacial score (nSPS) is 16.1. The van der Waals surface area contributed by atoms with Crippen LogP contribution in [0.1, 0.15) is 22.9 Å². The van der Waals surface area contributed by atoms with Gasteiger partial charge in [-0.3, -0.25) is 0 Å². The number of H-pyrrole nitrogens is 1. The van der Waals surface area contributed by atoms with Crippen LogP contribution >= 0.6 is 23.2 Å². The average molecular weight is 418 g/mol. The SMILES string of the molecule is COc1ccc(C2c3[nH]c4ccc(Cl)cc4c3CCN2C(=O)NCCCl)cc1. The Hall–Kier alpha value is -2.37. The summed E-state index contributed by atoms with van der Waals surface area (Å²) in [7, 11) is 1.64. The number of ether oxygens (including phenoxy) is 1. The summed E-state index contributed by atoms with van der Waals surface area (Å²) in [5, 5.41) is 4.71. The van der Waals surface area contributed by atoms with Gasteiger partial charge in [0.1, 0.15) is 5.75 Å². The van der Waals surface area contributed by atoms with Crippen molar-refractivity contribution in [2.75, 3.05) is 26.1 Å². The van der Waals surface area contributed by atoms with Crippen molar-refractivity contribution < 1.29 is 9.53 Å². The lowest BCUT2D eigenvalue weighted by molar-refractivity contribution is 0.180. The van der Waals surface area contributed by atoms with E-state index in [2.05, 4.69) is 10.3 Å². The van der Waals surface area contributed by atoms with Gasteiger partial charge in [0.15, 0.2) is 0 Å². The van der Waals surface area contributed by atoms with Gasteiger partial charge in [0.05, 0.1) is 13.2 Å². The molecular weight excluding hydrogens is 397 g/mol. The van der Waals surface area contributed by atoms with Crippen molar-refractivity contribution in [2.45, 2.75) is 12.5 Å². The first kappa shape index (κ1) is 19.0. The number of hydrogen-bond donors (Lipinski definition) is 2. The number of rotatable bonds is 4. The molecule has 146 valence electrons. The van der Waals surface area contributed by atoms with Crippen LogP contribution in [0.2, 0.25) is 5.02 Å². The zero-order chi connectivity index (χ0) is 19.7. The number of carbonyl (C=O) groups is 1. The van der Waals surface area contributed by atoms with Crippen molar-refractivity contribution in [3.05, 3.63) is 64.3 Å². The predicted molar refractivity (Wildman–Crippen MR) is 113 cm³/mol. The van der Waals surface area contributed by atoms with Crippen LogP contribution in [-0.2, 0) is 6.42 Å². The molecule has 0 spiro atoms. The topological polar surface area (TPSA) is 57.4 Å². The molecule has 4 rings (SSSR count). The first-order valence-corrected chi connectivity index (χ1v) is 10.1. The van der Waals surface area contributed by atoms with Gasteiger partial charge in [-0.25, -0.2) is 4.79 Å². The zero-order valence-corrected chi connectivity index (χ0v) is 17.0. The molecule has 0 bridgehead atoms. The molecule has 0 fully saturated rings. The number of nitrogens with one attached hydrogen (secondary N) is 2. The molecule has 28 heavy (non-hydrogen) atoms. The number of amides is 2. The molecule has 1 aromatic heterocycles. The van der Waals surface area contributed by atoms with Crippen molar-refractivity contribution in [2.24, 2.45) is 0 Å². The first-order valence-electron chi connectivity index (χ1n) is 9.16. The van der Waals surface area contributed by atoms with E-state index < -0.39 is 0 Å². The highest BCUT2D eigenvalue weighted by Gasteiger charge is 2.34. The van der Waals surface area contributed by atoms with Crippen molar-refractivity contribution in [3.8, 4) is 5.75 Å². The summed E-state index contributed by atoms with van der Waals surface area (Å²) >= 11 is 12.0. The number of alkyl halides is 1. The summed E-state index contributed by atoms with van der Waals surface area (Å²) < 4.78 is 5.28. The van der Waals surface area contributed by atoms with Crippen LogP contribution in [0.25, 0.3) is 10.9 Å². The first-order chi connectivity index (χ1) is 13.6. The smallest absolute Gasteiger partial charge is 0.318 e. The summed E-state index contributed by atoms with van der Waals surface area (Å²) in [6, 6.07) is 13.3. The molecule has 0 saturated heterocycles. The van der Waals surface area contributed by atoms with E-state index in [-0.39, 0.29) is 12.1 Å². The molecular formula is C21H21Cl2N3O2. The van der Waals surface area contributed by atoms with Gasteiger partial charge in [0, 0.05) is 40.6 Å². The number of carbonyl (C=O) groups excluding carboxylic acids is 1. The van der Waals surface area contributed by atoms with Crippen LogP contribution in [0.15, 0.2) is 42.5 Å². The minimum Gasteiger partial charge on any atom is -0.497 e. The molecule has 7 heteroatoms. The van der Waals surface area contributed by atoms with Crippen LogP contribution < -0.4 is 10.1 Å². The fraction of sp³-hybridized carbons (Fsp3) is 0.286. The van der Waals surface area contributed by atoms with Crippen LogP contribution in [0.5, 0.6) is 5.75 Å². The van der Waals surface area contributed by atoms with E-state index in [1.807, 2.05) is 47.4 Å². The van der Waals surface area contributed by atoms with Crippen LogP contribution in [0.4, 0.5) is 4.79 Å². The van der Waals surface area contributed by atoms with E-state index in [4.69, 9.17) is 27.9 Å². The van der Waals surface area contributed by atoms with Crippen LogP contribution in [0.3, 0.4) is 0 Å². The number of benzene rings is 2. The molecule has 1 unspecified atom stereocenters. The Morgan fingerprint density at radius 3 is 2.79 bits per heavy atom. The zero-order valence-electron chi connectivity index (χ0n) is 15.5. The minimum atomic E-state index is -0.226. The molecule has 2 aromatic carbocycles. The average Bonchev–Trinajstić information content (AvgIpc) is 3.09. The van der Waals surface area contributed by atoms with Gasteiger partial charge >= 0.3 is 6.03 Å². The maximum Gasteiger partial charge on any atom is 0.318 e. The second-order valence-electron chi connectivity index (χ2n) is 6.75. The molecule has 3 aromatic rings. The highest BCUT2D eigenvalue weighted by Crippen LogP contribution is 2.39. The van der Waals surface area contributed by atoms with Crippen molar-refractivity contribution >= 4 is 40.1 Å². The number of halogens is 2. The number of nitrogens with zero attached hydrogens (tertiary/aromatic N) is 1. The Labute approximate surface area is 173 Å². The number of aromatic amines is 1. The summed E-state index contributed by atoms with van der Waals surface area (Å²) in [5.41, 5.74) is 4.27. The third kappa shape index (κ3) is 3.40. The number of urea groups is 1. The van der Waals surface area contributed by atoms with Gasteiger partial charge in [-0.05, 0) is 47.9 Å². The Kier molecular flexibility index (Phi) is 5.38. The monoisotopic (exact) mass is 417 g/mol. The van der Waals surface area contributed by atoms with Gasteiger partial charge in [-0.15, -0.1) is 11.6 Å². The molecule has 0 radical (unpaired) electrons. The van der Waals surface area contributed by atoms with Crippen molar-refractivity contribution in [1.82, 2.24) is 15.2 Å². The Bertz CT molecular complexity index is 1000. The van der Waals surface area contributed by atoms with Crippen LogP contribution in [0, 0.1) is 0 Å². The van der Waals surface area contributed by atoms with Gasteiger partial charge in [-0.1, -0.05) is 23.7 Å². The molecule has 0 saturated carbocycles. The Morgan fingerprint density at radius 1 is 1.29 bits per heavy atom. The molecule has 1 aliphatic rings. The quantitative estimate of drug-likeness (QED) is 0.602. The second kappa shape index (κ2) is 7.94. The lowest BCUT2D eigenvalue weighted by atomic mass is 9.92. The highest BCUT2D eigenvalue weighted by atomic mass is 35.5. The van der Waals surface area contributed by atoms with Gasteiger partial charge in [-0.2, -0.15) is 0 Å². The third-order valence-corrected chi connectivity index (χ3v) is 5.58. The van der Waals surface area contributed by atoms with E-state index in [0.717, 1.165) is 34.3 Å².